The standard InChI is InChI=1S/C12H15FN4S2/c1-17(2)11-15-16-12(19-11)18-7-8-3-4-10(13)5-9(8)6-14/h3-5H,6-7,14H2,1-2H3. The molecule has 0 bridgehead atoms. The Morgan fingerprint density at radius 1 is 1.32 bits per heavy atom. The molecule has 1 aromatic carbocycles. The number of hydrogen-bond donors (Lipinski definition) is 1. The van der Waals surface area contributed by atoms with E-state index in [1.165, 1.54) is 23.5 Å². The molecule has 0 radical (unpaired) electrons. The lowest BCUT2D eigenvalue weighted by Crippen LogP contribution is -2.07. The molecule has 0 saturated carbocycles. The molecule has 0 fully saturated rings. The van der Waals surface area contributed by atoms with E-state index in [2.05, 4.69) is 10.2 Å². The largest absolute Gasteiger partial charge is 0.353 e. The average molecular weight is 298 g/mol. The molecule has 2 aromatic rings. The second-order valence-corrected chi connectivity index (χ2v) is 6.33. The summed E-state index contributed by atoms with van der Waals surface area (Å²) in [5, 5.41) is 9.06. The maximum Gasteiger partial charge on any atom is 0.208 e. The van der Waals surface area contributed by atoms with Gasteiger partial charge in [0.1, 0.15) is 5.82 Å². The number of hydrogen-bond acceptors (Lipinski definition) is 6. The quantitative estimate of drug-likeness (QED) is 0.860. The van der Waals surface area contributed by atoms with E-state index in [0.29, 0.717) is 6.54 Å². The van der Waals surface area contributed by atoms with E-state index in [-0.39, 0.29) is 5.82 Å². The molecule has 4 nitrogen and oxygen atoms in total. The molecule has 0 aliphatic rings. The van der Waals surface area contributed by atoms with Crippen LogP contribution in [0, 0.1) is 5.82 Å². The van der Waals surface area contributed by atoms with Gasteiger partial charge in [-0.15, -0.1) is 10.2 Å². The van der Waals surface area contributed by atoms with Crippen LogP contribution in [0.1, 0.15) is 11.1 Å². The zero-order chi connectivity index (χ0) is 13.8. The van der Waals surface area contributed by atoms with Gasteiger partial charge in [-0.2, -0.15) is 0 Å². The van der Waals surface area contributed by atoms with E-state index in [4.69, 9.17) is 5.73 Å². The maximum atomic E-state index is 13.1. The molecule has 0 saturated heterocycles. The van der Waals surface area contributed by atoms with Crippen molar-refractivity contribution in [2.75, 3.05) is 19.0 Å². The number of nitrogens with two attached hydrogens (primary N) is 1. The summed E-state index contributed by atoms with van der Waals surface area (Å²) in [5.41, 5.74) is 7.50. The molecule has 0 aliphatic carbocycles. The molecule has 19 heavy (non-hydrogen) atoms. The molecule has 0 unspecified atom stereocenters. The average Bonchev–Trinajstić information content (AvgIpc) is 2.86. The fraction of sp³-hybridized carbons (Fsp3) is 0.333. The topological polar surface area (TPSA) is 55.0 Å². The Bertz CT molecular complexity index is 556. The number of benzene rings is 1. The first-order valence-corrected chi connectivity index (χ1v) is 7.51. The lowest BCUT2D eigenvalue weighted by molar-refractivity contribution is 0.624. The van der Waals surface area contributed by atoms with Crippen LogP contribution < -0.4 is 10.6 Å². The first-order valence-electron chi connectivity index (χ1n) is 5.71. The van der Waals surface area contributed by atoms with E-state index in [9.17, 15) is 4.39 Å². The van der Waals surface area contributed by atoms with Crippen molar-refractivity contribution in [3.8, 4) is 0 Å². The van der Waals surface area contributed by atoms with Gasteiger partial charge < -0.3 is 10.6 Å². The summed E-state index contributed by atoms with van der Waals surface area (Å²) in [6.07, 6.45) is 0. The molecule has 7 heteroatoms. The highest BCUT2D eigenvalue weighted by atomic mass is 32.2. The Hall–Kier alpha value is -1.18. The first-order chi connectivity index (χ1) is 9.10. The summed E-state index contributed by atoms with van der Waals surface area (Å²) in [6, 6.07) is 4.72. The Morgan fingerprint density at radius 3 is 2.74 bits per heavy atom. The van der Waals surface area contributed by atoms with Gasteiger partial charge in [-0.05, 0) is 23.3 Å². The van der Waals surface area contributed by atoms with Crippen LogP contribution in [0.25, 0.3) is 0 Å². The highest BCUT2D eigenvalue weighted by Gasteiger charge is 2.08. The summed E-state index contributed by atoms with van der Waals surface area (Å²) in [7, 11) is 3.86. The van der Waals surface area contributed by atoms with Crippen molar-refractivity contribution in [3.63, 3.8) is 0 Å². The second kappa shape index (κ2) is 6.31. The third kappa shape index (κ3) is 3.65. The van der Waals surface area contributed by atoms with Crippen molar-refractivity contribution in [1.82, 2.24) is 10.2 Å². The van der Waals surface area contributed by atoms with Gasteiger partial charge in [-0.3, -0.25) is 0 Å². The lowest BCUT2D eigenvalue weighted by Gasteiger charge is -2.06. The Kier molecular flexibility index (Phi) is 4.73. The zero-order valence-electron chi connectivity index (χ0n) is 10.8. The number of nitrogens with zero attached hydrogens (tertiary/aromatic N) is 3. The van der Waals surface area contributed by atoms with E-state index < -0.39 is 0 Å². The van der Waals surface area contributed by atoms with E-state index in [0.717, 1.165) is 26.4 Å². The molecule has 0 spiro atoms. The second-order valence-electron chi connectivity index (χ2n) is 4.15. The summed E-state index contributed by atoms with van der Waals surface area (Å²) in [5.74, 6) is 0.467. The molecule has 0 atom stereocenters. The summed E-state index contributed by atoms with van der Waals surface area (Å²) >= 11 is 3.13. The summed E-state index contributed by atoms with van der Waals surface area (Å²) in [6.45, 7) is 0.340. The Labute approximate surface area is 119 Å². The molecule has 1 aromatic heterocycles. The maximum absolute atomic E-state index is 13.1. The monoisotopic (exact) mass is 298 g/mol. The predicted octanol–water partition coefficient (Wildman–Crippen LogP) is 2.49. The molecule has 102 valence electrons. The van der Waals surface area contributed by atoms with Gasteiger partial charge in [0.05, 0.1) is 0 Å². The van der Waals surface area contributed by atoms with Gasteiger partial charge in [-0.1, -0.05) is 29.2 Å². The van der Waals surface area contributed by atoms with Crippen LogP contribution in [-0.4, -0.2) is 24.3 Å². The van der Waals surface area contributed by atoms with Crippen molar-refractivity contribution >= 4 is 28.2 Å². The fourth-order valence-corrected chi connectivity index (χ4v) is 3.30. The van der Waals surface area contributed by atoms with Gasteiger partial charge in [0, 0.05) is 26.4 Å². The molecular formula is C12H15FN4S2. The van der Waals surface area contributed by atoms with Crippen molar-refractivity contribution < 1.29 is 4.39 Å². The van der Waals surface area contributed by atoms with Crippen LogP contribution in [0.15, 0.2) is 22.5 Å². The van der Waals surface area contributed by atoms with E-state index >= 15 is 0 Å². The number of aromatic nitrogens is 2. The molecule has 2 N–H and O–H groups in total. The predicted molar refractivity (Wildman–Crippen MR) is 78.1 cm³/mol. The smallest absolute Gasteiger partial charge is 0.208 e. The normalized spacial score (nSPS) is 10.7. The van der Waals surface area contributed by atoms with Crippen molar-refractivity contribution in [3.05, 3.63) is 35.1 Å². The molecular weight excluding hydrogens is 283 g/mol. The third-order valence-electron chi connectivity index (χ3n) is 2.52. The van der Waals surface area contributed by atoms with Crippen LogP contribution in [0.5, 0.6) is 0 Å². The van der Waals surface area contributed by atoms with Crippen molar-refractivity contribution in [2.24, 2.45) is 5.73 Å². The first kappa shape index (κ1) is 14.2. The fourth-order valence-electron chi connectivity index (χ4n) is 1.51. The molecule has 2 rings (SSSR count). The molecule has 0 aliphatic heterocycles. The minimum absolute atomic E-state index is 0.250. The highest BCUT2D eigenvalue weighted by Crippen LogP contribution is 2.30. The number of thioether (sulfide) groups is 1. The van der Waals surface area contributed by atoms with E-state index in [1.807, 2.05) is 19.0 Å². The number of rotatable bonds is 5. The summed E-state index contributed by atoms with van der Waals surface area (Å²) in [4.78, 5) is 1.92. The summed E-state index contributed by atoms with van der Waals surface area (Å²) < 4.78 is 14.0. The molecule has 1 heterocycles. The van der Waals surface area contributed by atoms with Gasteiger partial charge >= 0.3 is 0 Å². The molecule has 0 amide bonds. The Morgan fingerprint density at radius 2 is 2.11 bits per heavy atom. The van der Waals surface area contributed by atoms with Gasteiger partial charge in [0.25, 0.3) is 0 Å². The third-order valence-corrected chi connectivity index (χ3v) is 4.79. The van der Waals surface area contributed by atoms with Crippen molar-refractivity contribution in [1.29, 1.82) is 0 Å². The SMILES string of the molecule is CN(C)c1nnc(SCc2ccc(F)cc2CN)s1. The lowest BCUT2D eigenvalue weighted by atomic mass is 10.1. The number of halogens is 1. The van der Waals surface area contributed by atoms with Crippen LogP contribution >= 0.6 is 23.1 Å². The van der Waals surface area contributed by atoms with Gasteiger partial charge in [0.2, 0.25) is 5.13 Å². The minimum Gasteiger partial charge on any atom is -0.353 e. The zero-order valence-corrected chi connectivity index (χ0v) is 12.4. The number of anilines is 1. The van der Waals surface area contributed by atoms with Crippen molar-refractivity contribution in [2.45, 2.75) is 16.6 Å². The van der Waals surface area contributed by atoms with Gasteiger partial charge in [-0.25, -0.2) is 4.39 Å². The van der Waals surface area contributed by atoms with E-state index in [1.54, 1.807) is 17.8 Å². The Balaban J connectivity index is 2.05. The van der Waals surface area contributed by atoms with Gasteiger partial charge in [0.15, 0.2) is 4.34 Å². The van der Waals surface area contributed by atoms with Crippen LogP contribution in [0.3, 0.4) is 0 Å². The van der Waals surface area contributed by atoms with Crippen LogP contribution in [0.4, 0.5) is 9.52 Å². The highest BCUT2D eigenvalue weighted by molar-refractivity contribution is 8.00. The van der Waals surface area contributed by atoms with Crippen LogP contribution in [-0.2, 0) is 12.3 Å². The minimum atomic E-state index is -0.250. The van der Waals surface area contributed by atoms with Crippen LogP contribution in [0.2, 0.25) is 0 Å².